The molecule has 6 heterocycles. The average molecular weight is 907 g/mol. The van der Waals surface area contributed by atoms with Crippen molar-refractivity contribution in [1.82, 2.24) is 40.0 Å². The predicted molar refractivity (Wildman–Crippen MR) is 243 cm³/mol. The zero-order valence-corrected chi connectivity index (χ0v) is 37.4. The lowest BCUT2D eigenvalue weighted by atomic mass is 9.89. The number of halogens is 1. The molecule has 9 rings (SSSR count). The van der Waals surface area contributed by atoms with Gasteiger partial charge >= 0.3 is 12.2 Å². The van der Waals surface area contributed by atoms with Crippen molar-refractivity contribution in [3.63, 3.8) is 0 Å². The van der Waals surface area contributed by atoms with Gasteiger partial charge in [-0.05, 0) is 97.2 Å². The van der Waals surface area contributed by atoms with Crippen molar-refractivity contribution >= 4 is 46.4 Å². The number of rotatable bonds is 11. The van der Waals surface area contributed by atoms with Crippen LogP contribution in [0.4, 0.5) is 9.59 Å². The molecule has 4 N–H and O–H groups in total. The quantitative estimate of drug-likeness (QED) is 0.101. The largest absolute Gasteiger partial charge is 0.465 e. The average Bonchev–Trinajstić information content (AvgIpc) is 4.18. The number of likely N-dealkylation sites (tertiary alicyclic amines) is 2. The smallest absolute Gasteiger partial charge is 0.407 e. The first-order valence-electron chi connectivity index (χ1n) is 22.6. The Morgan fingerprint density at radius 1 is 0.769 bits per heavy atom. The fourth-order valence-corrected chi connectivity index (χ4v) is 10.5. The number of carbonyl (C=O) groups is 4. The molecule has 4 saturated heterocycles. The predicted octanol–water partition coefficient (Wildman–Crippen LogP) is 7.82. The number of likely N-dealkylation sites (N-methyl/N-ethyl adjacent to an activating group) is 1. The zero-order valence-electron chi connectivity index (χ0n) is 36.6. The van der Waals surface area contributed by atoms with Crippen molar-refractivity contribution < 1.29 is 38.5 Å². The molecule has 4 aliphatic heterocycles. The number of imidazole rings is 2. The van der Waals surface area contributed by atoms with E-state index in [1.165, 1.54) is 14.2 Å². The van der Waals surface area contributed by atoms with Gasteiger partial charge in [0.25, 0.3) is 0 Å². The van der Waals surface area contributed by atoms with E-state index in [0.29, 0.717) is 88.3 Å². The highest BCUT2D eigenvalue weighted by molar-refractivity contribution is 6.32. The zero-order chi connectivity index (χ0) is 45.2. The molecule has 342 valence electrons. The molecule has 0 saturated carbocycles. The van der Waals surface area contributed by atoms with Gasteiger partial charge in [0.05, 0.1) is 31.1 Å². The molecular weight excluding hydrogens is 852 g/mol. The van der Waals surface area contributed by atoms with Crippen LogP contribution in [0.15, 0.2) is 66.9 Å². The number of alkyl carbamates (subject to hydrolysis) is 1. The normalized spacial score (nSPS) is 20.5. The van der Waals surface area contributed by atoms with Gasteiger partial charge in [0, 0.05) is 57.7 Å². The van der Waals surface area contributed by atoms with Crippen LogP contribution in [0.1, 0.15) is 75.1 Å². The number of H-pyrrole nitrogens is 2. The van der Waals surface area contributed by atoms with Crippen LogP contribution in [0.5, 0.6) is 0 Å². The van der Waals surface area contributed by atoms with Crippen LogP contribution in [-0.2, 0) is 23.8 Å². The summed E-state index contributed by atoms with van der Waals surface area (Å²) in [6.07, 6.45) is 5.75. The molecule has 65 heavy (non-hydrogen) atoms. The lowest BCUT2D eigenvalue weighted by Crippen LogP contribution is -2.53. The number of hydrogen-bond donors (Lipinski definition) is 4. The fourth-order valence-electron chi connectivity index (χ4n) is 10.2. The molecule has 0 unspecified atom stereocenters. The minimum Gasteiger partial charge on any atom is -0.465 e. The Hall–Kier alpha value is -5.97. The number of fused-ring (bicyclic) bond motifs is 1. The Balaban J connectivity index is 0.879. The number of nitrogens with one attached hydrogen (secondary N) is 3. The maximum Gasteiger partial charge on any atom is 0.407 e. The second-order valence-electron chi connectivity index (χ2n) is 17.6. The Morgan fingerprint density at radius 3 is 1.98 bits per heavy atom. The van der Waals surface area contributed by atoms with Crippen LogP contribution in [0.3, 0.4) is 0 Å². The molecule has 4 aliphatic rings. The van der Waals surface area contributed by atoms with Gasteiger partial charge in [-0.2, -0.15) is 0 Å². The molecule has 0 bridgehead atoms. The molecule has 16 nitrogen and oxygen atoms in total. The third-order valence-electron chi connectivity index (χ3n) is 13.8. The van der Waals surface area contributed by atoms with Crippen molar-refractivity contribution in [1.29, 1.82) is 0 Å². The molecule has 4 amide bonds. The molecule has 0 radical (unpaired) electrons. The third-order valence-corrected chi connectivity index (χ3v) is 14.0. The van der Waals surface area contributed by atoms with Crippen molar-refractivity contribution in [2.45, 2.75) is 75.5 Å². The topological polar surface area (TPSA) is 195 Å². The molecule has 0 aliphatic carbocycles. The number of amides is 4. The van der Waals surface area contributed by atoms with E-state index in [4.69, 9.17) is 35.8 Å². The summed E-state index contributed by atoms with van der Waals surface area (Å²) in [6.45, 7) is 3.20. The Bertz CT molecular complexity index is 2530. The number of aromatic amines is 2. The number of ether oxygens (including phenoxy) is 3. The summed E-state index contributed by atoms with van der Waals surface area (Å²) in [5.74, 6) is 0.812. The summed E-state index contributed by atoms with van der Waals surface area (Å²) in [6, 6.07) is 18.6. The third kappa shape index (κ3) is 9.16. The van der Waals surface area contributed by atoms with E-state index in [0.717, 1.165) is 68.7 Å². The molecule has 2 aromatic heterocycles. The second kappa shape index (κ2) is 19.2. The maximum atomic E-state index is 14.1. The van der Waals surface area contributed by atoms with E-state index in [-0.39, 0.29) is 35.7 Å². The van der Waals surface area contributed by atoms with Crippen LogP contribution < -0.4 is 5.32 Å². The van der Waals surface area contributed by atoms with E-state index < -0.39 is 24.3 Å². The van der Waals surface area contributed by atoms with Gasteiger partial charge in [0.1, 0.15) is 34.6 Å². The summed E-state index contributed by atoms with van der Waals surface area (Å²) in [5.41, 5.74) is 5.32. The molecule has 4 atom stereocenters. The number of hydrogen-bond acceptors (Lipinski definition) is 9. The van der Waals surface area contributed by atoms with E-state index in [2.05, 4.69) is 51.7 Å². The highest BCUT2D eigenvalue weighted by Gasteiger charge is 2.43. The van der Waals surface area contributed by atoms with E-state index in [1.54, 1.807) is 4.90 Å². The molecule has 4 fully saturated rings. The lowest BCUT2D eigenvalue weighted by molar-refractivity contribution is -0.140. The Kier molecular flexibility index (Phi) is 13.1. The Morgan fingerprint density at radius 2 is 1.34 bits per heavy atom. The van der Waals surface area contributed by atoms with Crippen LogP contribution in [-0.4, -0.2) is 130 Å². The van der Waals surface area contributed by atoms with Crippen molar-refractivity contribution in [3.05, 3.63) is 83.7 Å². The van der Waals surface area contributed by atoms with Crippen molar-refractivity contribution in [2.24, 2.45) is 11.8 Å². The van der Waals surface area contributed by atoms with Gasteiger partial charge < -0.3 is 44.4 Å². The number of carbonyl (C=O) groups excluding carboxylic acids is 3. The highest BCUT2D eigenvalue weighted by Crippen LogP contribution is 2.38. The van der Waals surface area contributed by atoms with E-state index in [9.17, 15) is 24.3 Å². The highest BCUT2D eigenvalue weighted by atomic mass is 35.5. The molecule has 3 aromatic carbocycles. The minimum absolute atomic E-state index is 0.0373. The first-order valence-corrected chi connectivity index (χ1v) is 23.0. The van der Waals surface area contributed by atoms with Gasteiger partial charge in [-0.1, -0.05) is 60.1 Å². The maximum absolute atomic E-state index is 14.1. The van der Waals surface area contributed by atoms with Crippen LogP contribution >= 0.6 is 11.6 Å². The summed E-state index contributed by atoms with van der Waals surface area (Å²) < 4.78 is 15.9. The number of carboxylic acid groups (broad SMARTS) is 1. The van der Waals surface area contributed by atoms with Gasteiger partial charge in [-0.15, -0.1) is 0 Å². The fraction of sp³-hybridized carbons (Fsp3) is 0.458. The number of aromatic nitrogens is 4. The standard InChI is InChI=1S/C48H55ClN8O8/c1-55(48(61)62)41(31-17-23-65-24-18-31)46(59)57-20-4-6-38(57)44-52-39(42(49)54-44)29-9-7-28(8-10-29)32-11-12-34-26-35(14-13-33(34)25-32)36-27-50-43(51-36)37-5-3-19-56(37)45(58)40(53-47(60)63-2)30-15-21-64-22-16-30/h7-14,25-27,30-31,37-38,40-41H,3-6,15-24H2,1-2H3,(H,50,51)(H,52,54)(H,53,60)(H,61,62)/t37-,38-,40-,41-/m0/s1. The minimum atomic E-state index is -1.13. The monoisotopic (exact) mass is 906 g/mol. The van der Waals surface area contributed by atoms with E-state index in [1.807, 2.05) is 35.4 Å². The summed E-state index contributed by atoms with van der Waals surface area (Å²) in [7, 11) is 2.78. The van der Waals surface area contributed by atoms with Crippen LogP contribution in [0.2, 0.25) is 5.15 Å². The number of nitrogens with zero attached hydrogens (tertiary/aromatic N) is 5. The van der Waals surface area contributed by atoms with Gasteiger partial charge in [-0.25, -0.2) is 19.6 Å². The Labute approximate surface area is 382 Å². The summed E-state index contributed by atoms with van der Waals surface area (Å²) >= 11 is 6.79. The molecule has 0 spiro atoms. The lowest BCUT2D eigenvalue weighted by Gasteiger charge is -2.37. The molecular formula is C48H55ClN8O8. The number of benzene rings is 3. The second-order valence-corrected chi connectivity index (χ2v) is 17.9. The number of methoxy groups -OCH3 is 1. The molecule has 17 heteroatoms. The molecule has 5 aromatic rings. The van der Waals surface area contributed by atoms with Gasteiger partial charge in [0.15, 0.2) is 0 Å². The summed E-state index contributed by atoms with van der Waals surface area (Å²) in [5, 5.41) is 15.2. The first kappa shape index (κ1) is 44.2. The van der Waals surface area contributed by atoms with Crippen molar-refractivity contribution in [2.75, 3.05) is 53.7 Å². The van der Waals surface area contributed by atoms with Crippen LogP contribution in [0, 0.1) is 11.8 Å². The van der Waals surface area contributed by atoms with Gasteiger partial charge in [0.2, 0.25) is 11.8 Å². The SMILES string of the molecule is COC(=O)N[C@H](C(=O)N1CCC[C@H]1c1ncc(-c2ccc3cc(-c4ccc(-c5nc([C@@H]6CCCN6C(=O)[C@H](C6CCOCC6)N(C)C(=O)O)[nH]c5Cl)cc4)ccc3c2)[nH]1)C1CCOCC1. The van der Waals surface area contributed by atoms with Gasteiger partial charge in [-0.3, -0.25) is 14.5 Å². The summed E-state index contributed by atoms with van der Waals surface area (Å²) in [4.78, 5) is 73.7. The first-order chi connectivity index (χ1) is 31.6. The van der Waals surface area contributed by atoms with Crippen LogP contribution in [0.25, 0.3) is 44.4 Å². The van der Waals surface area contributed by atoms with Crippen molar-refractivity contribution in [3.8, 4) is 33.6 Å². The van der Waals surface area contributed by atoms with E-state index >= 15 is 0 Å².